The van der Waals surface area contributed by atoms with Crippen LogP contribution in [0.25, 0.3) is 0 Å². The quantitative estimate of drug-likeness (QED) is 0.757. The Morgan fingerprint density at radius 1 is 1.35 bits per heavy atom. The largest absolute Gasteiger partial charge is 0.493 e. The normalized spacial score (nSPS) is 16.0. The molecule has 0 spiro atoms. The minimum atomic E-state index is -0.708. The van der Waals surface area contributed by atoms with Crippen molar-refractivity contribution in [1.29, 1.82) is 0 Å². The highest BCUT2D eigenvalue weighted by Gasteiger charge is 2.36. The summed E-state index contributed by atoms with van der Waals surface area (Å²) < 4.78 is 10.8. The molecule has 0 bridgehead atoms. The van der Waals surface area contributed by atoms with Crippen molar-refractivity contribution in [1.82, 2.24) is 5.32 Å². The summed E-state index contributed by atoms with van der Waals surface area (Å²) in [6.45, 7) is 4.19. The Balaban J connectivity index is 2.14. The molecule has 1 aromatic carbocycles. The molecule has 0 radical (unpaired) electrons. The lowest BCUT2D eigenvalue weighted by Crippen LogP contribution is -2.51. The summed E-state index contributed by atoms with van der Waals surface area (Å²) in [5.74, 6) is 1.28. The van der Waals surface area contributed by atoms with Gasteiger partial charge in [-0.05, 0) is 37.0 Å². The number of allylic oxidation sites excluding steroid dienone is 1. The molecule has 5 heteroatoms. The van der Waals surface area contributed by atoms with Gasteiger partial charge < -0.3 is 20.5 Å². The van der Waals surface area contributed by atoms with Gasteiger partial charge in [-0.3, -0.25) is 4.79 Å². The molecule has 0 saturated heterocycles. The molecule has 1 aliphatic rings. The van der Waals surface area contributed by atoms with E-state index < -0.39 is 5.54 Å². The van der Waals surface area contributed by atoms with Crippen LogP contribution in [-0.2, 0) is 17.8 Å². The molecule has 5 nitrogen and oxygen atoms in total. The number of nitrogens with two attached hydrogens (primary N) is 1. The van der Waals surface area contributed by atoms with Gasteiger partial charge in [-0.15, -0.1) is 6.58 Å². The zero-order valence-electron chi connectivity index (χ0n) is 14.0. The second kappa shape index (κ2) is 7.51. The number of carbonyl (C=O) groups is 1. The van der Waals surface area contributed by atoms with E-state index in [0.717, 1.165) is 36.8 Å². The van der Waals surface area contributed by atoms with Crippen LogP contribution in [0.3, 0.4) is 0 Å². The Morgan fingerprint density at radius 2 is 2.04 bits per heavy atom. The second-order valence-electron chi connectivity index (χ2n) is 6.03. The number of amides is 1. The van der Waals surface area contributed by atoms with Gasteiger partial charge >= 0.3 is 0 Å². The summed E-state index contributed by atoms with van der Waals surface area (Å²) in [5, 5.41) is 2.95. The smallest absolute Gasteiger partial charge is 0.240 e. The topological polar surface area (TPSA) is 73.6 Å². The summed E-state index contributed by atoms with van der Waals surface area (Å²) in [4.78, 5) is 12.3. The van der Waals surface area contributed by atoms with Crippen LogP contribution in [-0.4, -0.2) is 25.7 Å². The first-order chi connectivity index (χ1) is 11.0. The van der Waals surface area contributed by atoms with E-state index >= 15 is 0 Å². The molecule has 0 unspecified atom stereocenters. The average Bonchev–Trinajstić information content (AvgIpc) is 3.00. The number of rotatable bonds is 7. The summed E-state index contributed by atoms with van der Waals surface area (Å²) >= 11 is 0. The SMILES string of the molecule is C=CCc1cc(CNC(=O)C2(N)CCCC2)cc(OC)c1OC. The summed E-state index contributed by atoms with van der Waals surface area (Å²) in [6.07, 6.45) is 6.03. The molecule has 126 valence electrons. The fourth-order valence-electron chi connectivity index (χ4n) is 3.11. The first-order valence-electron chi connectivity index (χ1n) is 7.96. The van der Waals surface area contributed by atoms with E-state index in [2.05, 4.69) is 11.9 Å². The molecule has 2 rings (SSSR count). The zero-order chi connectivity index (χ0) is 16.9. The molecule has 1 fully saturated rings. The van der Waals surface area contributed by atoms with E-state index in [1.54, 1.807) is 14.2 Å². The molecule has 0 aliphatic heterocycles. The predicted octanol–water partition coefficient (Wildman–Crippen LogP) is 2.32. The molecule has 1 saturated carbocycles. The molecular formula is C18H26N2O3. The van der Waals surface area contributed by atoms with Gasteiger partial charge in [0.1, 0.15) is 0 Å². The molecule has 1 aromatic rings. The number of nitrogens with one attached hydrogen (secondary N) is 1. The molecule has 23 heavy (non-hydrogen) atoms. The van der Waals surface area contributed by atoms with Crippen molar-refractivity contribution in [2.45, 2.75) is 44.2 Å². The number of benzene rings is 1. The van der Waals surface area contributed by atoms with Gasteiger partial charge in [-0.25, -0.2) is 0 Å². The third-order valence-corrected chi connectivity index (χ3v) is 4.38. The Morgan fingerprint density at radius 3 is 2.61 bits per heavy atom. The van der Waals surface area contributed by atoms with Crippen molar-refractivity contribution >= 4 is 5.91 Å². The van der Waals surface area contributed by atoms with Crippen molar-refractivity contribution < 1.29 is 14.3 Å². The molecule has 0 atom stereocenters. The molecule has 3 N–H and O–H groups in total. The van der Waals surface area contributed by atoms with E-state index in [4.69, 9.17) is 15.2 Å². The van der Waals surface area contributed by atoms with Crippen LogP contribution in [0.15, 0.2) is 24.8 Å². The van der Waals surface area contributed by atoms with Crippen molar-refractivity contribution in [3.63, 3.8) is 0 Å². The van der Waals surface area contributed by atoms with Gasteiger partial charge in [0.2, 0.25) is 5.91 Å². The van der Waals surface area contributed by atoms with Gasteiger partial charge in [0.15, 0.2) is 11.5 Å². The maximum absolute atomic E-state index is 12.3. The van der Waals surface area contributed by atoms with Gasteiger partial charge in [-0.1, -0.05) is 18.9 Å². The first-order valence-corrected chi connectivity index (χ1v) is 7.96. The van der Waals surface area contributed by atoms with Crippen molar-refractivity contribution in [2.75, 3.05) is 14.2 Å². The van der Waals surface area contributed by atoms with E-state index in [1.165, 1.54) is 0 Å². The minimum Gasteiger partial charge on any atom is -0.493 e. The van der Waals surface area contributed by atoms with E-state index in [-0.39, 0.29) is 5.91 Å². The fraction of sp³-hybridized carbons (Fsp3) is 0.500. The van der Waals surface area contributed by atoms with Gasteiger partial charge in [-0.2, -0.15) is 0 Å². The minimum absolute atomic E-state index is 0.0740. The molecular weight excluding hydrogens is 292 g/mol. The van der Waals surface area contributed by atoms with Gasteiger partial charge in [0.25, 0.3) is 0 Å². The third kappa shape index (κ3) is 3.85. The maximum Gasteiger partial charge on any atom is 0.240 e. The Hall–Kier alpha value is -2.01. The van der Waals surface area contributed by atoms with Gasteiger partial charge in [0, 0.05) is 12.1 Å². The maximum atomic E-state index is 12.3. The zero-order valence-corrected chi connectivity index (χ0v) is 14.0. The van der Waals surface area contributed by atoms with Crippen LogP contribution in [0.1, 0.15) is 36.8 Å². The number of carbonyl (C=O) groups excluding carboxylic acids is 1. The molecule has 1 amide bonds. The molecule has 0 aromatic heterocycles. The van der Waals surface area contributed by atoms with E-state index in [0.29, 0.717) is 24.5 Å². The number of ether oxygens (including phenoxy) is 2. The molecule has 1 aliphatic carbocycles. The Labute approximate surface area is 137 Å². The molecule has 0 heterocycles. The summed E-state index contributed by atoms with van der Waals surface area (Å²) in [6, 6.07) is 3.88. The summed E-state index contributed by atoms with van der Waals surface area (Å²) in [7, 11) is 3.22. The van der Waals surface area contributed by atoms with E-state index in [1.807, 2.05) is 18.2 Å². The van der Waals surface area contributed by atoms with Crippen LogP contribution in [0.4, 0.5) is 0 Å². The highest BCUT2D eigenvalue weighted by atomic mass is 16.5. The summed E-state index contributed by atoms with van der Waals surface area (Å²) in [5.41, 5.74) is 7.40. The van der Waals surface area contributed by atoms with Crippen LogP contribution >= 0.6 is 0 Å². The second-order valence-corrected chi connectivity index (χ2v) is 6.03. The fourth-order valence-corrected chi connectivity index (χ4v) is 3.11. The van der Waals surface area contributed by atoms with Crippen molar-refractivity contribution in [3.8, 4) is 11.5 Å². The number of methoxy groups -OCH3 is 2. The van der Waals surface area contributed by atoms with Crippen molar-refractivity contribution in [3.05, 3.63) is 35.9 Å². The Kier molecular flexibility index (Phi) is 5.66. The Bertz CT molecular complexity index is 578. The lowest BCUT2D eigenvalue weighted by atomic mass is 9.98. The standard InChI is InChI=1S/C18H26N2O3/c1-4-7-14-10-13(11-15(22-2)16(14)23-3)12-20-17(21)18(19)8-5-6-9-18/h4,10-11H,1,5-9,12,19H2,2-3H3,(H,20,21). The van der Waals surface area contributed by atoms with Crippen molar-refractivity contribution in [2.24, 2.45) is 5.73 Å². The number of hydrogen-bond acceptors (Lipinski definition) is 4. The predicted molar refractivity (Wildman–Crippen MR) is 90.7 cm³/mol. The third-order valence-electron chi connectivity index (χ3n) is 4.38. The highest BCUT2D eigenvalue weighted by Crippen LogP contribution is 2.33. The van der Waals surface area contributed by atoms with Crippen LogP contribution in [0.5, 0.6) is 11.5 Å². The van der Waals surface area contributed by atoms with Crippen LogP contribution < -0.4 is 20.5 Å². The monoisotopic (exact) mass is 318 g/mol. The highest BCUT2D eigenvalue weighted by molar-refractivity contribution is 5.86. The van der Waals surface area contributed by atoms with E-state index in [9.17, 15) is 4.79 Å². The average molecular weight is 318 g/mol. The van der Waals surface area contributed by atoms with Gasteiger partial charge in [0.05, 0.1) is 19.8 Å². The lowest BCUT2D eigenvalue weighted by molar-refractivity contribution is -0.126. The number of hydrogen-bond donors (Lipinski definition) is 2. The lowest BCUT2D eigenvalue weighted by Gasteiger charge is -2.22. The van der Waals surface area contributed by atoms with Crippen LogP contribution in [0, 0.1) is 0 Å². The first kappa shape index (κ1) is 17.3. The van der Waals surface area contributed by atoms with Crippen LogP contribution in [0.2, 0.25) is 0 Å².